The van der Waals surface area contributed by atoms with Crippen molar-refractivity contribution in [3.05, 3.63) is 46.9 Å². The van der Waals surface area contributed by atoms with E-state index in [1.165, 1.54) is 0 Å². The molecule has 1 aliphatic rings. The minimum atomic E-state index is -1.62. The number of ketones is 1. The molecule has 1 aromatic heterocycles. The van der Waals surface area contributed by atoms with Crippen molar-refractivity contribution >= 4 is 11.8 Å². The number of carbonyl (C=O) groups is 2. The first-order chi connectivity index (χ1) is 10.6. The fraction of sp³-hybridized carbons (Fsp3) is 0.0667. The molecule has 0 saturated heterocycles. The lowest BCUT2D eigenvalue weighted by Gasteiger charge is -2.07. The van der Waals surface area contributed by atoms with Crippen LogP contribution in [0.15, 0.2) is 24.3 Å². The molecule has 1 unspecified atom stereocenters. The molecule has 1 aliphatic carbocycles. The van der Waals surface area contributed by atoms with Gasteiger partial charge in [0, 0.05) is 11.1 Å². The lowest BCUT2D eigenvalue weighted by Crippen LogP contribution is -2.15. The number of nitrogens with zero attached hydrogens (tertiary/aromatic N) is 4. The van der Waals surface area contributed by atoms with Crippen molar-refractivity contribution in [1.82, 2.24) is 9.97 Å². The van der Waals surface area contributed by atoms with E-state index in [2.05, 4.69) is 9.97 Å². The van der Waals surface area contributed by atoms with Gasteiger partial charge in [-0.15, -0.1) is 0 Å². The standard InChI is InChI=1S/C15H6N4O3/c16-5-9(15(21)22)11-10(6-17)18-13-12(19-11)7-3-1-2-4-8(7)14(13)20/h1-4,9H,(H,21,22). The molecule has 0 saturated carbocycles. The molecule has 104 valence electrons. The lowest BCUT2D eigenvalue weighted by molar-refractivity contribution is -0.137. The normalized spacial score (nSPS) is 12.7. The molecule has 0 aliphatic heterocycles. The Hall–Kier alpha value is -3.58. The van der Waals surface area contributed by atoms with Crippen molar-refractivity contribution < 1.29 is 14.7 Å². The third kappa shape index (κ3) is 1.74. The highest BCUT2D eigenvalue weighted by Crippen LogP contribution is 2.35. The first-order valence-corrected chi connectivity index (χ1v) is 6.17. The monoisotopic (exact) mass is 290 g/mol. The Balaban J connectivity index is 2.31. The zero-order valence-corrected chi connectivity index (χ0v) is 10.9. The summed E-state index contributed by atoms with van der Waals surface area (Å²) in [6.45, 7) is 0. The highest BCUT2D eigenvalue weighted by molar-refractivity contribution is 6.19. The van der Waals surface area contributed by atoms with Crippen LogP contribution >= 0.6 is 0 Å². The summed E-state index contributed by atoms with van der Waals surface area (Å²) < 4.78 is 0. The van der Waals surface area contributed by atoms with Gasteiger partial charge in [-0.25, -0.2) is 9.97 Å². The van der Waals surface area contributed by atoms with Crippen molar-refractivity contribution in [2.45, 2.75) is 5.92 Å². The fourth-order valence-corrected chi connectivity index (χ4v) is 2.33. The summed E-state index contributed by atoms with van der Waals surface area (Å²) in [6.07, 6.45) is 0. The Bertz CT molecular complexity index is 921. The molecule has 1 aromatic carbocycles. The molecule has 3 rings (SSSR count). The topological polar surface area (TPSA) is 128 Å². The van der Waals surface area contributed by atoms with Crippen LogP contribution in [0.5, 0.6) is 0 Å². The fourth-order valence-electron chi connectivity index (χ4n) is 2.33. The number of hydrogen-bond donors (Lipinski definition) is 1. The van der Waals surface area contributed by atoms with Gasteiger partial charge in [0.1, 0.15) is 23.2 Å². The van der Waals surface area contributed by atoms with Crippen LogP contribution in [0.1, 0.15) is 33.4 Å². The van der Waals surface area contributed by atoms with E-state index in [0.717, 1.165) is 0 Å². The molecule has 1 heterocycles. The maximum Gasteiger partial charge on any atom is 0.327 e. The summed E-state index contributed by atoms with van der Waals surface area (Å²) in [5, 5.41) is 27.2. The van der Waals surface area contributed by atoms with Gasteiger partial charge in [-0.05, 0) is 0 Å². The van der Waals surface area contributed by atoms with Gasteiger partial charge < -0.3 is 5.11 Å². The Morgan fingerprint density at radius 1 is 1.14 bits per heavy atom. The highest BCUT2D eigenvalue weighted by atomic mass is 16.4. The Kier molecular flexibility index (Phi) is 2.90. The minimum Gasteiger partial charge on any atom is -0.480 e. The summed E-state index contributed by atoms with van der Waals surface area (Å²) in [5.74, 6) is -3.41. The van der Waals surface area contributed by atoms with Gasteiger partial charge in [-0.2, -0.15) is 10.5 Å². The smallest absolute Gasteiger partial charge is 0.327 e. The van der Waals surface area contributed by atoms with E-state index >= 15 is 0 Å². The number of carboxylic acid groups (broad SMARTS) is 1. The molecule has 0 fully saturated rings. The number of aliphatic carboxylic acids is 1. The summed E-state index contributed by atoms with van der Waals surface area (Å²) in [5.41, 5.74) is 0.541. The quantitative estimate of drug-likeness (QED) is 0.752. The molecular formula is C15H6N4O3. The van der Waals surface area contributed by atoms with Gasteiger partial charge in [-0.3, -0.25) is 9.59 Å². The van der Waals surface area contributed by atoms with Crippen molar-refractivity contribution in [2.75, 3.05) is 0 Å². The predicted molar refractivity (Wildman–Crippen MR) is 71.6 cm³/mol. The van der Waals surface area contributed by atoms with Crippen LogP contribution in [-0.2, 0) is 4.79 Å². The number of rotatable bonds is 2. The molecule has 22 heavy (non-hydrogen) atoms. The van der Waals surface area contributed by atoms with Crippen LogP contribution in [0, 0.1) is 22.7 Å². The zero-order chi connectivity index (χ0) is 15.9. The van der Waals surface area contributed by atoms with E-state index in [1.54, 1.807) is 36.4 Å². The van der Waals surface area contributed by atoms with Gasteiger partial charge in [0.05, 0.1) is 6.07 Å². The van der Waals surface area contributed by atoms with E-state index < -0.39 is 11.9 Å². The van der Waals surface area contributed by atoms with Crippen molar-refractivity contribution in [2.24, 2.45) is 0 Å². The second-order valence-corrected chi connectivity index (χ2v) is 4.54. The lowest BCUT2D eigenvalue weighted by atomic mass is 10.0. The molecule has 0 radical (unpaired) electrons. The second-order valence-electron chi connectivity index (χ2n) is 4.54. The summed E-state index contributed by atoms with van der Waals surface area (Å²) in [6, 6.07) is 9.94. The van der Waals surface area contributed by atoms with Gasteiger partial charge >= 0.3 is 5.97 Å². The molecule has 2 aromatic rings. The van der Waals surface area contributed by atoms with Crippen molar-refractivity contribution in [1.29, 1.82) is 10.5 Å². The van der Waals surface area contributed by atoms with Gasteiger partial charge in [0.2, 0.25) is 5.78 Å². The largest absolute Gasteiger partial charge is 0.480 e. The number of aromatic nitrogens is 2. The summed E-state index contributed by atoms with van der Waals surface area (Å²) in [4.78, 5) is 31.4. The summed E-state index contributed by atoms with van der Waals surface area (Å²) >= 11 is 0. The SMILES string of the molecule is N#Cc1nc2c(nc1C(C#N)C(=O)O)-c1ccccc1C2=O. The molecule has 7 heteroatoms. The van der Waals surface area contributed by atoms with Crippen LogP contribution in [-0.4, -0.2) is 26.8 Å². The molecule has 7 nitrogen and oxygen atoms in total. The first kappa shape index (κ1) is 13.4. The van der Waals surface area contributed by atoms with Crippen LogP contribution in [0.3, 0.4) is 0 Å². The molecule has 0 bridgehead atoms. The predicted octanol–water partition coefficient (Wildman–Crippen LogP) is 1.25. The second kappa shape index (κ2) is 4.76. The number of carbonyl (C=O) groups excluding carboxylic acids is 1. The van der Waals surface area contributed by atoms with Gasteiger partial charge in [0.25, 0.3) is 0 Å². The Morgan fingerprint density at radius 2 is 1.82 bits per heavy atom. The number of fused-ring (bicyclic) bond motifs is 3. The van der Waals surface area contributed by atoms with Crippen molar-refractivity contribution in [3.63, 3.8) is 0 Å². The molecule has 1 atom stereocenters. The number of benzene rings is 1. The minimum absolute atomic E-state index is 0.00331. The third-order valence-electron chi connectivity index (χ3n) is 3.32. The molecule has 0 spiro atoms. The zero-order valence-electron chi connectivity index (χ0n) is 10.9. The van der Waals surface area contributed by atoms with E-state index in [-0.39, 0.29) is 28.6 Å². The summed E-state index contributed by atoms with van der Waals surface area (Å²) in [7, 11) is 0. The number of carboxylic acids is 1. The Morgan fingerprint density at radius 3 is 2.41 bits per heavy atom. The van der Waals surface area contributed by atoms with E-state index in [0.29, 0.717) is 11.1 Å². The van der Waals surface area contributed by atoms with E-state index in [9.17, 15) is 9.59 Å². The van der Waals surface area contributed by atoms with Crippen LogP contribution in [0.2, 0.25) is 0 Å². The number of hydrogen-bond acceptors (Lipinski definition) is 6. The van der Waals surface area contributed by atoms with E-state index in [1.807, 2.05) is 0 Å². The molecule has 1 N–H and O–H groups in total. The van der Waals surface area contributed by atoms with Gasteiger partial charge in [-0.1, -0.05) is 24.3 Å². The maximum atomic E-state index is 12.2. The average Bonchev–Trinajstić information content (AvgIpc) is 2.80. The maximum absolute atomic E-state index is 12.2. The van der Waals surface area contributed by atoms with Gasteiger partial charge in [0.15, 0.2) is 11.6 Å². The average molecular weight is 290 g/mol. The van der Waals surface area contributed by atoms with Crippen LogP contribution in [0.25, 0.3) is 11.3 Å². The first-order valence-electron chi connectivity index (χ1n) is 6.17. The van der Waals surface area contributed by atoms with Crippen LogP contribution < -0.4 is 0 Å². The molecule has 0 amide bonds. The number of nitriles is 2. The van der Waals surface area contributed by atoms with Crippen LogP contribution in [0.4, 0.5) is 0 Å². The Labute approximate surface area is 124 Å². The van der Waals surface area contributed by atoms with E-state index in [4.69, 9.17) is 15.6 Å². The van der Waals surface area contributed by atoms with Crippen molar-refractivity contribution in [3.8, 4) is 23.4 Å². The third-order valence-corrected chi connectivity index (χ3v) is 3.32. The molecular weight excluding hydrogens is 284 g/mol. The highest BCUT2D eigenvalue weighted by Gasteiger charge is 2.34.